The number of guanidine groups is 1. The first-order chi connectivity index (χ1) is 11.0. The molecular weight excluding hydrogens is 294 g/mol. The lowest BCUT2D eigenvalue weighted by molar-refractivity contribution is 0.0597. The number of nitrogens with zero attached hydrogens (tertiary/aromatic N) is 2. The fraction of sp³-hybridized carbons (Fsp3) is 0.529. The summed E-state index contributed by atoms with van der Waals surface area (Å²) in [6, 6.07) is 5.36. The quantitative estimate of drug-likeness (QED) is 0.522. The Hall–Kier alpha value is -2.24. The van der Waals surface area contributed by atoms with Gasteiger partial charge in [0.1, 0.15) is 11.3 Å². The molecule has 0 saturated carbocycles. The molecule has 1 aliphatic heterocycles. The number of carbonyl (C=O) groups excluding carboxylic acids is 1. The van der Waals surface area contributed by atoms with Gasteiger partial charge in [-0.2, -0.15) is 0 Å². The lowest BCUT2D eigenvalue weighted by atomic mass is 10.0. The van der Waals surface area contributed by atoms with Crippen molar-refractivity contribution in [2.24, 2.45) is 16.6 Å². The summed E-state index contributed by atoms with van der Waals surface area (Å²) < 4.78 is 9.96. The molecule has 1 atom stereocenters. The Bertz CT molecular complexity index is 586. The third-order valence-electron chi connectivity index (χ3n) is 4.07. The van der Waals surface area contributed by atoms with Crippen molar-refractivity contribution >= 4 is 11.9 Å². The summed E-state index contributed by atoms with van der Waals surface area (Å²) in [6.45, 7) is 4.55. The Labute approximate surface area is 137 Å². The standard InChI is InChI=1S/C17H25N3O3/c1-12-5-4-8-20(11-12)17(18)19-10-13-6-7-15(22-2)14(9-13)16(21)23-3/h6-7,9,12H,4-5,8,10-11H2,1-3H3,(H2,18,19). The van der Waals surface area contributed by atoms with Gasteiger partial charge in [-0.25, -0.2) is 9.79 Å². The minimum absolute atomic E-state index is 0.396. The summed E-state index contributed by atoms with van der Waals surface area (Å²) in [7, 11) is 2.87. The van der Waals surface area contributed by atoms with Gasteiger partial charge in [-0.15, -0.1) is 0 Å². The molecule has 1 unspecified atom stereocenters. The number of rotatable bonds is 4. The molecule has 6 nitrogen and oxygen atoms in total. The summed E-state index contributed by atoms with van der Waals surface area (Å²) in [5, 5.41) is 0. The highest BCUT2D eigenvalue weighted by Gasteiger charge is 2.18. The second-order valence-electron chi connectivity index (χ2n) is 5.89. The van der Waals surface area contributed by atoms with E-state index in [9.17, 15) is 4.79 Å². The number of likely N-dealkylation sites (tertiary alicyclic amines) is 1. The van der Waals surface area contributed by atoms with Crippen LogP contribution in [0, 0.1) is 5.92 Å². The van der Waals surface area contributed by atoms with E-state index in [-0.39, 0.29) is 0 Å². The van der Waals surface area contributed by atoms with Crippen molar-refractivity contribution in [1.29, 1.82) is 0 Å². The number of ether oxygens (including phenoxy) is 2. The summed E-state index contributed by atoms with van der Waals surface area (Å²) in [5.74, 6) is 1.27. The third-order valence-corrected chi connectivity index (χ3v) is 4.07. The lowest BCUT2D eigenvalue weighted by Crippen LogP contribution is -2.43. The molecule has 1 aliphatic rings. The van der Waals surface area contributed by atoms with Gasteiger partial charge in [-0.3, -0.25) is 0 Å². The van der Waals surface area contributed by atoms with Crippen LogP contribution in [0.5, 0.6) is 5.75 Å². The van der Waals surface area contributed by atoms with Gasteiger partial charge >= 0.3 is 5.97 Å². The largest absolute Gasteiger partial charge is 0.496 e. The van der Waals surface area contributed by atoms with E-state index < -0.39 is 5.97 Å². The van der Waals surface area contributed by atoms with Crippen LogP contribution >= 0.6 is 0 Å². The van der Waals surface area contributed by atoms with E-state index in [1.165, 1.54) is 20.6 Å². The second kappa shape index (κ2) is 7.85. The average molecular weight is 319 g/mol. The maximum absolute atomic E-state index is 11.8. The molecule has 23 heavy (non-hydrogen) atoms. The molecule has 126 valence electrons. The number of hydrogen-bond acceptors (Lipinski definition) is 4. The normalized spacial score (nSPS) is 18.7. The number of carbonyl (C=O) groups is 1. The third kappa shape index (κ3) is 4.37. The van der Waals surface area contributed by atoms with Gasteiger partial charge in [0.25, 0.3) is 0 Å². The van der Waals surface area contributed by atoms with Gasteiger partial charge in [-0.05, 0) is 36.5 Å². The van der Waals surface area contributed by atoms with Crippen molar-refractivity contribution in [3.63, 3.8) is 0 Å². The van der Waals surface area contributed by atoms with Gasteiger partial charge in [-0.1, -0.05) is 13.0 Å². The predicted octanol–water partition coefficient (Wildman–Crippen LogP) is 2.03. The second-order valence-corrected chi connectivity index (χ2v) is 5.89. The number of aliphatic imine (C=N–C) groups is 1. The maximum Gasteiger partial charge on any atom is 0.341 e. The highest BCUT2D eigenvalue weighted by Crippen LogP contribution is 2.21. The van der Waals surface area contributed by atoms with E-state index >= 15 is 0 Å². The summed E-state index contributed by atoms with van der Waals surface area (Å²) in [5.41, 5.74) is 7.38. The predicted molar refractivity (Wildman–Crippen MR) is 89.6 cm³/mol. The highest BCUT2D eigenvalue weighted by atomic mass is 16.5. The minimum Gasteiger partial charge on any atom is -0.496 e. The summed E-state index contributed by atoms with van der Waals surface area (Å²) in [4.78, 5) is 18.4. The molecule has 1 aromatic rings. The van der Waals surface area contributed by atoms with Crippen molar-refractivity contribution < 1.29 is 14.3 Å². The topological polar surface area (TPSA) is 77.1 Å². The molecule has 0 aliphatic carbocycles. The van der Waals surface area contributed by atoms with Crippen LogP contribution in [0.4, 0.5) is 0 Å². The lowest BCUT2D eigenvalue weighted by Gasteiger charge is -2.31. The number of esters is 1. The van der Waals surface area contributed by atoms with Gasteiger partial charge in [0.05, 0.1) is 20.8 Å². The zero-order chi connectivity index (χ0) is 16.8. The molecule has 0 aromatic heterocycles. The highest BCUT2D eigenvalue weighted by molar-refractivity contribution is 5.92. The Morgan fingerprint density at radius 1 is 1.43 bits per heavy atom. The molecule has 2 rings (SSSR count). The van der Waals surface area contributed by atoms with Crippen LogP contribution in [-0.2, 0) is 11.3 Å². The minimum atomic E-state index is -0.425. The van der Waals surface area contributed by atoms with E-state index in [4.69, 9.17) is 15.2 Å². The zero-order valence-corrected chi connectivity index (χ0v) is 14.0. The van der Waals surface area contributed by atoms with E-state index in [1.54, 1.807) is 12.1 Å². The van der Waals surface area contributed by atoms with Crippen LogP contribution < -0.4 is 10.5 Å². The van der Waals surface area contributed by atoms with Gasteiger partial charge in [0, 0.05) is 13.1 Å². The van der Waals surface area contributed by atoms with Crippen LogP contribution in [0.25, 0.3) is 0 Å². The van der Waals surface area contributed by atoms with Crippen LogP contribution in [0.15, 0.2) is 23.2 Å². The van der Waals surface area contributed by atoms with E-state index in [0.29, 0.717) is 29.7 Å². The maximum atomic E-state index is 11.8. The first-order valence-corrected chi connectivity index (χ1v) is 7.85. The van der Waals surface area contributed by atoms with Crippen molar-refractivity contribution in [2.75, 3.05) is 27.3 Å². The first-order valence-electron chi connectivity index (χ1n) is 7.85. The van der Waals surface area contributed by atoms with Crippen LogP contribution in [-0.4, -0.2) is 44.1 Å². The monoisotopic (exact) mass is 319 g/mol. The molecule has 1 fully saturated rings. The molecule has 1 aromatic carbocycles. The van der Waals surface area contributed by atoms with E-state index in [0.717, 1.165) is 25.1 Å². The smallest absolute Gasteiger partial charge is 0.341 e. The van der Waals surface area contributed by atoms with E-state index in [1.807, 2.05) is 6.07 Å². The Morgan fingerprint density at radius 3 is 2.87 bits per heavy atom. The number of hydrogen-bond donors (Lipinski definition) is 1. The molecule has 1 saturated heterocycles. The van der Waals surface area contributed by atoms with Crippen LogP contribution in [0.2, 0.25) is 0 Å². The number of methoxy groups -OCH3 is 2. The molecule has 0 radical (unpaired) electrons. The van der Waals surface area contributed by atoms with Gasteiger partial charge < -0.3 is 20.1 Å². The van der Waals surface area contributed by atoms with Crippen LogP contribution in [0.1, 0.15) is 35.7 Å². The number of benzene rings is 1. The van der Waals surface area contributed by atoms with Gasteiger partial charge in [0.15, 0.2) is 5.96 Å². The summed E-state index contributed by atoms with van der Waals surface area (Å²) >= 11 is 0. The molecule has 6 heteroatoms. The Morgan fingerprint density at radius 2 is 2.22 bits per heavy atom. The fourth-order valence-corrected chi connectivity index (χ4v) is 2.79. The van der Waals surface area contributed by atoms with Crippen LogP contribution in [0.3, 0.4) is 0 Å². The first kappa shape index (κ1) is 17.1. The molecule has 0 bridgehead atoms. The Balaban J connectivity index is 2.10. The zero-order valence-electron chi connectivity index (χ0n) is 14.0. The van der Waals surface area contributed by atoms with Gasteiger partial charge in [0.2, 0.25) is 0 Å². The van der Waals surface area contributed by atoms with Crippen molar-refractivity contribution in [3.8, 4) is 5.75 Å². The van der Waals surface area contributed by atoms with Crippen molar-refractivity contribution in [1.82, 2.24) is 4.90 Å². The average Bonchev–Trinajstić information content (AvgIpc) is 2.58. The fourth-order valence-electron chi connectivity index (χ4n) is 2.79. The molecule has 0 amide bonds. The van der Waals surface area contributed by atoms with Crippen molar-refractivity contribution in [3.05, 3.63) is 29.3 Å². The number of nitrogens with two attached hydrogens (primary N) is 1. The molecule has 2 N–H and O–H groups in total. The molecular formula is C17H25N3O3. The van der Waals surface area contributed by atoms with Crippen molar-refractivity contribution in [2.45, 2.75) is 26.3 Å². The summed E-state index contributed by atoms with van der Waals surface area (Å²) in [6.07, 6.45) is 2.39. The molecule has 0 spiro atoms. The Kier molecular flexibility index (Phi) is 5.84. The molecule has 1 heterocycles. The van der Waals surface area contributed by atoms with E-state index in [2.05, 4.69) is 16.8 Å². The SMILES string of the molecule is COC(=O)c1cc(CN=C(N)N2CCCC(C)C2)ccc1OC. The number of piperidine rings is 1.